The van der Waals surface area contributed by atoms with Gasteiger partial charge in [0.05, 0.1) is 6.61 Å². The molecule has 0 fully saturated rings. The van der Waals surface area contributed by atoms with Crippen molar-refractivity contribution in [3.63, 3.8) is 0 Å². The summed E-state index contributed by atoms with van der Waals surface area (Å²) in [6, 6.07) is 0. The first kappa shape index (κ1) is 32.2. The number of amides is 1. The predicted octanol–water partition coefficient (Wildman–Crippen LogP) is 3.49. The number of ether oxygens (including phenoxy) is 1. The molecule has 0 rings (SSSR count). The lowest BCUT2D eigenvalue weighted by atomic mass is 10.1. The highest BCUT2D eigenvalue weighted by molar-refractivity contribution is 7.46. The van der Waals surface area contributed by atoms with E-state index in [4.69, 9.17) is 14.9 Å². The van der Waals surface area contributed by atoms with Crippen molar-refractivity contribution in [3.05, 3.63) is 24.3 Å². The van der Waals surface area contributed by atoms with E-state index >= 15 is 0 Å². The summed E-state index contributed by atoms with van der Waals surface area (Å²) in [6.07, 6.45) is 8.93. The number of rotatable bonds is 17. The van der Waals surface area contributed by atoms with Crippen molar-refractivity contribution in [3.8, 4) is 0 Å². The van der Waals surface area contributed by atoms with E-state index in [9.17, 15) is 18.9 Å². The quantitative estimate of drug-likeness (QED) is 0.106. The van der Waals surface area contributed by atoms with Crippen molar-refractivity contribution in [2.45, 2.75) is 71.6 Å². The zero-order valence-corrected chi connectivity index (χ0v) is 20.0. The van der Waals surface area contributed by atoms with Crippen LogP contribution < -0.4 is 5.32 Å². The number of phosphoric ester groups is 1. The van der Waals surface area contributed by atoms with Crippen molar-refractivity contribution in [2.24, 2.45) is 0 Å². The van der Waals surface area contributed by atoms with Crippen LogP contribution in [0.4, 0.5) is 0 Å². The molecule has 0 radical (unpaired) electrons. The molecule has 0 spiro atoms. The lowest BCUT2D eigenvalue weighted by Gasteiger charge is -2.05. The monoisotopic (exact) mass is 479 g/mol. The third-order valence-corrected chi connectivity index (χ3v) is 4.43. The first-order chi connectivity index (χ1) is 14.9. The molecular formula is C21H38NO9P. The Labute approximate surface area is 190 Å². The number of carbonyl (C=O) groups is 3. The number of esters is 1. The lowest BCUT2D eigenvalue weighted by molar-refractivity contribution is -0.140. The SMILES string of the molecule is C=C(C)C(=O)NCCCCCCCCCCC(=O)O.C=C(C)C(=O)OCCOP(=O)(O)O. The van der Waals surface area contributed by atoms with Gasteiger partial charge in [0, 0.05) is 24.1 Å². The molecule has 0 heterocycles. The van der Waals surface area contributed by atoms with Crippen molar-refractivity contribution in [2.75, 3.05) is 19.8 Å². The summed E-state index contributed by atoms with van der Waals surface area (Å²) >= 11 is 0. The number of aliphatic carboxylic acids is 1. The van der Waals surface area contributed by atoms with Gasteiger partial charge < -0.3 is 24.9 Å². The number of hydrogen-bond acceptors (Lipinski definition) is 6. The fourth-order valence-electron chi connectivity index (χ4n) is 2.23. The molecule has 0 saturated carbocycles. The maximum absolute atomic E-state index is 11.2. The molecule has 0 atom stereocenters. The van der Waals surface area contributed by atoms with Gasteiger partial charge in [0.1, 0.15) is 6.61 Å². The fraction of sp³-hybridized carbons (Fsp3) is 0.667. The largest absolute Gasteiger partial charge is 0.481 e. The minimum Gasteiger partial charge on any atom is -0.481 e. The Kier molecular flexibility index (Phi) is 19.8. The van der Waals surface area contributed by atoms with Gasteiger partial charge in [0.2, 0.25) is 5.91 Å². The molecule has 0 aliphatic rings. The first-order valence-corrected chi connectivity index (χ1v) is 12.1. The van der Waals surface area contributed by atoms with Crippen LogP contribution >= 0.6 is 7.82 Å². The number of carboxylic acid groups (broad SMARTS) is 1. The molecule has 32 heavy (non-hydrogen) atoms. The average molecular weight is 480 g/mol. The van der Waals surface area contributed by atoms with Gasteiger partial charge in [0.15, 0.2) is 0 Å². The van der Waals surface area contributed by atoms with E-state index in [0.717, 1.165) is 38.6 Å². The van der Waals surface area contributed by atoms with Crippen molar-refractivity contribution < 1.29 is 43.1 Å². The van der Waals surface area contributed by atoms with Gasteiger partial charge in [-0.2, -0.15) is 0 Å². The maximum atomic E-state index is 11.2. The van der Waals surface area contributed by atoms with Crippen LogP contribution in [0, 0.1) is 0 Å². The second-order valence-corrected chi connectivity index (χ2v) is 8.49. The van der Waals surface area contributed by atoms with E-state index in [1.165, 1.54) is 26.2 Å². The highest BCUT2D eigenvalue weighted by Crippen LogP contribution is 2.35. The van der Waals surface area contributed by atoms with Crippen molar-refractivity contribution in [1.29, 1.82) is 0 Å². The Balaban J connectivity index is 0. The summed E-state index contributed by atoms with van der Waals surface area (Å²) < 4.78 is 18.6. The standard InChI is InChI=1S/C15H27NO3.C6H11O6P/c1-13(2)15(19)16-12-10-8-6-4-3-5-7-9-11-14(17)18;1-5(2)6(7)11-3-4-12-13(8,9)10/h1,3-12H2,2H3,(H,16,19)(H,17,18);1,3-4H2,2H3,(H2,8,9,10). The molecular weight excluding hydrogens is 441 g/mol. The van der Waals surface area contributed by atoms with E-state index < -0.39 is 19.8 Å². The summed E-state index contributed by atoms with van der Waals surface area (Å²) in [5, 5.41) is 11.3. The van der Waals surface area contributed by atoms with Gasteiger partial charge >= 0.3 is 19.8 Å². The van der Waals surface area contributed by atoms with Crippen molar-refractivity contribution >= 4 is 25.7 Å². The van der Waals surface area contributed by atoms with E-state index in [2.05, 4.69) is 27.7 Å². The van der Waals surface area contributed by atoms with E-state index in [0.29, 0.717) is 12.0 Å². The topological polar surface area (TPSA) is 159 Å². The summed E-state index contributed by atoms with van der Waals surface area (Å²) in [5.41, 5.74) is 0.776. The first-order valence-electron chi connectivity index (χ1n) is 10.5. The molecule has 186 valence electrons. The number of carbonyl (C=O) groups excluding carboxylic acids is 2. The van der Waals surface area contributed by atoms with Crippen LogP contribution in [0.2, 0.25) is 0 Å². The van der Waals surface area contributed by atoms with Gasteiger partial charge in [-0.25, -0.2) is 9.36 Å². The lowest BCUT2D eigenvalue weighted by Crippen LogP contribution is -2.24. The highest BCUT2D eigenvalue weighted by atomic mass is 31.2. The summed E-state index contributed by atoms with van der Waals surface area (Å²) in [5.74, 6) is -1.37. The Morgan fingerprint density at radius 3 is 1.78 bits per heavy atom. The minimum absolute atomic E-state index is 0.0570. The normalized spacial score (nSPS) is 10.5. The number of unbranched alkanes of at least 4 members (excludes halogenated alkanes) is 7. The molecule has 0 aromatic rings. The second kappa shape index (κ2) is 19.7. The molecule has 0 saturated heterocycles. The van der Waals surface area contributed by atoms with Crippen molar-refractivity contribution in [1.82, 2.24) is 5.32 Å². The molecule has 0 unspecified atom stereocenters. The molecule has 11 heteroatoms. The Morgan fingerprint density at radius 1 is 0.844 bits per heavy atom. The average Bonchev–Trinajstić information content (AvgIpc) is 2.68. The smallest absolute Gasteiger partial charge is 0.469 e. The number of hydrogen-bond donors (Lipinski definition) is 4. The third-order valence-electron chi connectivity index (χ3n) is 3.92. The van der Waals surface area contributed by atoms with Crippen LogP contribution in [0.15, 0.2) is 24.3 Å². The Bertz CT molecular complexity index is 643. The van der Waals surface area contributed by atoms with Gasteiger partial charge in [-0.3, -0.25) is 14.1 Å². The van der Waals surface area contributed by atoms with Crippen LogP contribution in [-0.4, -0.2) is 52.5 Å². The van der Waals surface area contributed by atoms with Crippen LogP contribution in [-0.2, 0) is 28.2 Å². The van der Waals surface area contributed by atoms with Crippen LogP contribution in [0.5, 0.6) is 0 Å². The van der Waals surface area contributed by atoms with E-state index in [1.54, 1.807) is 6.92 Å². The highest BCUT2D eigenvalue weighted by Gasteiger charge is 2.13. The van der Waals surface area contributed by atoms with E-state index in [-0.39, 0.29) is 24.7 Å². The van der Waals surface area contributed by atoms with Crippen LogP contribution in [0.3, 0.4) is 0 Å². The molecule has 0 aliphatic heterocycles. The number of carboxylic acids is 1. The van der Waals surface area contributed by atoms with E-state index in [1.807, 2.05) is 0 Å². The summed E-state index contributed by atoms with van der Waals surface area (Å²) in [6.45, 7) is 10.2. The zero-order chi connectivity index (χ0) is 25.0. The third kappa shape index (κ3) is 26.0. The Hall–Kier alpha value is -2.00. The molecule has 10 nitrogen and oxygen atoms in total. The second-order valence-electron chi connectivity index (χ2n) is 7.25. The molecule has 1 amide bonds. The van der Waals surface area contributed by atoms with Crippen LogP contribution in [0.1, 0.15) is 71.6 Å². The maximum Gasteiger partial charge on any atom is 0.469 e. The Morgan fingerprint density at radius 2 is 1.34 bits per heavy atom. The molecule has 0 aliphatic carbocycles. The summed E-state index contributed by atoms with van der Waals surface area (Å²) in [4.78, 5) is 48.6. The van der Waals surface area contributed by atoms with Crippen LogP contribution in [0.25, 0.3) is 0 Å². The minimum atomic E-state index is -4.46. The zero-order valence-electron chi connectivity index (χ0n) is 19.1. The van der Waals surface area contributed by atoms with Gasteiger partial charge in [-0.15, -0.1) is 0 Å². The molecule has 0 aromatic heterocycles. The fourth-order valence-corrected chi connectivity index (χ4v) is 2.54. The number of phosphoric acid groups is 1. The van der Waals surface area contributed by atoms with Gasteiger partial charge in [0.25, 0.3) is 0 Å². The summed E-state index contributed by atoms with van der Waals surface area (Å²) in [7, 11) is -4.46. The molecule has 4 N–H and O–H groups in total. The predicted molar refractivity (Wildman–Crippen MR) is 121 cm³/mol. The molecule has 0 aromatic carbocycles. The van der Waals surface area contributed by atoms with Gasteiger partial charge in [-0.05, 0) is 26.7 Å². The number of nitrogens with one attached hydrogen (secondary N) is 1. The molecule has 0 bridgehead atoms. The van der Waals surface area contributed by atoms with Gasteiger partial charge in [-0.1, -0.05) is 51.7 Å².